The van der Waals surface area contributed by atoms with E-state index in [-0.39, 0.29) is 5.56 Å². The molecule has 76 valence electrons. The zero-order valence-electron chi connectivity index (χ0n) is 8.55. The minimum Gasteiger partial charge on any atom is -0.353 e. The van der Waals surface area contributed by atoms with Gasteiger partial charge in [-0.05, 0) is 26.2 Å². The van der Waals surface area contributed by atoms with Gasteiger partial charge in [0.1, 0.15) is 0 Å². The van der Waals surface area contributed by atoms with E-state index in [1.165, 1.54) is 12.8 Å². The fourth-order valence-corrected chi connectivity index (χ4v) is 1.41. The van der Waals surface area contributed by atoms with Gasteiger partial charge in [0.05, 0.1) is 5.69 Å². The molecule has 0 spiro atoms. The van der Waals surface area contributed by atoms with Gasteiger partial charge in [0, 0.05) is 11.6 Å². The number of anilines is 1. The zero-order valence-corrected chi connectivity index (χ0v) is 8.55. The van der Waals surface area contributed by atoms with Gasteiger partial charge in [0.25, 0.3) is 5.56 Å². The van der Waals surface area contributed by atoms with E-state index in [0.717, 1.165) is 17.7 Å². The van der Waals surface area contributed by atoms with Gasteiger partial charge in [-0.3, -0.25) is 9.78 Å². The largest absolute Gasteiger partial charge is 0.353 e. The van der Waals surface area contributed by atoms with Gasteiger partial charge in [-0.25, -0.2) is 4.98 Å². The number of nitrogens with zero attached hydrogens (tertiary/aromatic N) is 1. The van der Waals surface area contributed by atoms with E-state index in [1.807, 2.05) is 13.8 Å². The third-order valence-corrected chi connectivity index (χ3v) is 2.51. The summed E-state index contributed by atoms with van der Waals surface area (Å²) in [5.74, 6) is 0.625. The van der Waals surface area contributed by atoms with Crippen LogP contribution in [-0.2, 0) is 6.42 Å². The second kappa shape index (κ2) is 3.44. The van der Waals surface area contributed by atoms with Gasteiger partial charge in [0.15, 0.2) is 0 Å². The fourth-order valence-electron chi connectivity index (χ4n) is 1.41. The van der Waals surface area contributed by atoms with Crippen molar-refractivity contribution >= 4 is 5.95 Å². The third-order valence-electron chi connectivity index (χ3n) is 2.51. The predicted molar refractivity (Wildman–Crippen MR) is 55.6 cm³/mol. The molecular formula is C10H15N3O. The number of aromatic nitrogens is 2. The number of hydrogen-bond donors (Lipinski definition) is 2. The first-order valence-electron chi connectivity index (χ1n) is 5.07. The molecule has 0 aliphatic heterocycles. The van der Waals surface area contributed by atoms with E-state index >= 15 is 0 Å². The van der Waals surface area contributed by atoms with Crippen molar-refractivity contribution in [3.63, 3.8) is 0 Å². The monoisotopic (exact) mass is 193 g/mol. The van der Waals surface area contributed by atoms with Crippen LogP contribution in [0.2, 0.25) is 0 Å². The number of nitrogens with one attached hydrogen (secondary N) is 2. The molecule has 0 saturated heterocycles. The first-order valence-corrected chi connectivity index (χ1v) is 5.07. The number of aryl methyl sites for hydroxylation is 1. The molecule has 1 aromatic rings. The highest BCUT2D eigenvalue weighted by molar-refractivity contribution is 5.31. The van der Waals surface area contributed by atoms with Gasteiger partial charge in [0.2, 0.25) is 5.95 Å². The molecule has 2 N–H and O–H groups in total. The predicted octanol–water partition coefficient (Wildman–Crippen LogP) is 1.22. The lowest BCUT2D eigenvalue weighted by Crippen LogP contribution is -2.18. The molecule has 2 rings (SSSR count). The third kappa shape index (κ3) is 1.78. The van der Waals surface area contributed by atoms with Crippen LogP contribution in [0.1, 0.15) is 31.0 Å². The Morgan fingerprint density at radius 2 is 2.29 bits per heavy atom. The second-order valence-electron chi connectivity index (χ2n) is 3.76. The maximum absolute atomic E-state index is 11.5. The van der Waals surface area contributed by atoms with Crippen LogP contribution >= 0.6 is 0 Å². The van der Waals surface area contributed by atoms with Crippen molar-refractivity contribution in [3.8, 4) is 0 Å². The van der Waals surface area contributed by atoms with E-state index in [0.29, 0.717) is 12.0 Å². The lowest BCUT2D eigenvalue weighted by atomic mass is 10.2. The van der Waals surface area contributed by atoms with E-state index in [4.69, 9.17) is 0 Å². The van der Waals surface area contributed by atoms with Gasteiger partial charge < -0.3 is 5.32 Å². The summed E-state index contributed by atoms with van der Waals surface area (Å²) in [5, 5.41) is 3.19. The summed E-state index contributed by atoms with van der Waals surface area (Å²) in [5.41, 5.74) is 1.59. The lowest BCUT2D eigenvalue weighted by Gasteiger charge is -2.06. The van der Waals surface area contributed by atoms with Crippen molar-refractivity contribution in [1.29, 1.82) is 0 Å². The van der Waals surface area contributed by atoms with Crippen LogP contribution in [0.3, 0.4) is 0 Å². The van der Waals surface area contributed by atoms with Crippen LogP contribution in [0, 0.1) is 6.92 Å². The van der Waals surface area contributed by atoms with Crippen molar-refractivity contribution in [2.45, 2.75) is 39.2 Å². The molecule has 0 unspecified atom stereocenters. The highest BCUT2D eigenvalue weighted by atomic mass is 16.1. The van der Waals surface area contributed by atoms with Crippen LogP contribution in [0.5, 0.6) is 0 Å². The Labute approximate surface area is 82.8 Å². The molecular weight excluding hydrogens is 178 g/mol. The van der Waals surface area contributed by atoms with Crippen LogP contribution < -0.4 is 10.9 Å². The molecule has 1 aliphatic rings. The average molecular weight is 193 g/mol. The van der Waals surface area contributed by atoms with Gasteiger partial charge in [-0.15, -0.1) is 0 Å². The molecule has 0 aromatic carbocycles. The summed E-state index contributed by atoms with van der Waals surface area (Å²) in [6, 6.07) is 0.519. The van der Waals surface area contributed by atoms with Crippen LogP contribution in [0.15, 0.2) is 4.79 Å². The van der Waals surface area contributed by atoms with Crippen molar-refractivity contribution in [2.75, 3.05) is 5.32 Å². The van der Waals surface area contributed by atoms with E-state index in [9.17, 15) is 4.79 Å². The Bertz CT molecular complexity index is 393. The maximum atomic E-state index is 11.5. The lowest BCUT2D eigenvalue weighted by molar-refractivity contribution is 0.932. The summed E-state index contributed by atoms with van der Waals surface area (Å²) in [4.78, 5) is 18.6. The topological polar surface area (TPSA) is 57.8 Å². The summed E-state index contributed by atoms with van der Waals surface area (Å²) < 4.78 is 0. The summed E-state index contributed by atoms with van der Waals surface area (Å²) >= 11 is 0. The maximum Gasteiger partial charge on any atom is 0.255 e. The smallest absolute Gasteiger partial charge is 0.255 e. The molecule has 4 heteroatoms. The van der Waals surface area contributed by atoms with Crippen LogP contribution in [-0.4, -0.2) is 16.0 Å². The summed E-state index contributed by atoms with van der Waals surface area (Å²) in [6.45, 7) is 3.82. The molecule has 1 fully saturated rings. The Kier molecular flexibility index (Phi) is 2.27. The van der Waals surface area contributed by atoms with Crippen molar-refractivity contribution in [2.24, 2.45) is 0 Å². The summed E-state index contributed by atoms with van der Waals surface area (Å²) in [7, 11) is 0. The van der Waals surface area contributed by atoms with Crippen LogP contribution in [0.25, 0.3) is 0 Å². The van der Waals surface area contributed by atoms with Crippen molar-refractivity contribution in [1.82, 2.24) is 9.97 Å². The number of aromatic amines is 1. The SMILES string of the molecule is CCc1nc(NC2CC2)[nH]c(=O)c1C. The van der Waals surface area contributed by atoms with Gasteiger partial charge in [-0.2, -0.15) is 0 Å². The molecule has 0 amide bonds. The van der Waals surface area contributed by atoms with Crippen LogP contribution in [0.4, 0.5) is 5.95 Å². The quantitative estimate of drug-likeness (QED) is 0.758. The molecule has 1 heterocycles. The molecule has 1 aromatic heterocycles. The fraction of sp³-hybridized carbons (Fsp3) is 0.600. The van der Waals surface area contributed by atoms with Gasteiger partial charge >= 0.3 is 0 Å². The molecule has 0 atom stereocenters. The van der Waals surface area contributed by atoms with Crippen molar-refractivity contribution in [3.05, 3.63) is 21.6 Å². The van der Waals surface area contributed by atoms with E-state index in [1.54, 1.807) is 0 Å². The zero-order chi connectivity index (χ0) is 10.1. The Morgan fingerprint density at radius 1 is 1.57 bits per heavy atom. The Morgan fingerprint density at radius 3 is 2.86 bits per heavy atom. The minimum absolute atomic E-state index is 0.0278. The Hall–Kier alpha value is -1.32. The highest BCUT2D eigenvalue weighted by Crippen LogP contribution is 2.22. The molecule has 0 radical (unpaired) electrons. The molecule has 4 nitrogen and oxygen atoms in total. The number of H-pyrrole nitrogens is 1. The molecule has 0 bridgehead atoms. The van der Waals surface area contributed by atoms with E-state index < -0.39 is 0 Å². The average Bonchev–Trinajstić information content (AvgIpc) is 2.95. The second-order valence-corrected chi connectivity index (χ2v) is 3.76. The number of hydrogen-bond acceptors (Lipinski definition) is 3. The van der Waals surface area contributed by atoms with Crippen molar-refractivity contribution < 1.29 is 0 Å². The van der Waals surface area contributed by atoms with E-state index in [2.05, 4.69) is 15.3 Å². The molecule has 1 saturated carbocycles. The highest BCUT2D eigenvalue weighted by Gasteiger charge is 2.22. The van der Waals surface area contributed by atoms with Gasteiger partial charge in [-0.1, -0.05) is 6.92 Å². The summed E-state index contributed by atoms with van der Waals surface area (Å²) in [6.07, 6.45) is 3.16. The number of rotatable bonds is 3. The first-order chi connectivity index (χ1) is 6.70. The molecule has 1 aliphatic carbocycles. The standard InChI is InChI=1S/C10H15N3O/c1-3-8-6(2)9(14)13-10(12-8)11-7-4-5-7/h7H,3-5H2,1-2H3,(H2,11,12,13,14). The molecule has 14 heavy (non-hydrogen) atoms. The first kappa shape index (κ1) is 9.24. The minimum atomic E-state index is -0.0278. The normalized spacial score (nSPS) is 15.6. The Balaban J connectivity index is 2.31.